The molecule has 0 aliphatic heterocycles. The topological polar surface area (TPSA) is 0 Å². The highest BCUT2D eigenvalue weighted by molar-refractivity contribution is 7.80. The summed E-state index contributed by atoms with van der Waals surface area (Å²) < 4.78 is 170. The zero-order chi connectivity index (χ0) is 39.9. The lowest BCUT2D eigenvalue weighted by Crippen LogP contribution is -2.30. The van der Waals surface area contributed by atoms with Crippen LogP contribution >= 0.6 is 15.8 Å². The highest BCUT2D eigenvalue weighted by Crippen LogP contribution is 2.52. The van der Waals surface area contributed by atoms with Crippen molar-refractivity contribution in [2.75, 3.05) is 0 Å². The van der Waals surface area contributed by atoms with Gasteiger partial charge in [-0.3, -0.25) is 0 Å². The standard InChI is InChI=1S/C41H28F12P2/c1-25(34-16-10-17-35(34)36-15-8-9-18-37(36)55(30-11-4-2-5-12-30)31-13-6-3-7-14-31)54(32-21-26(38(42,43)44)19-27(22-32)39(45,46)47)33-23-28(40(48,49)50)20-29(24-33)41(51,52)53/h2-25,34H,1H3/t25-,34+/m1/s1. The van der Waals surface area contributed by atoms with Gasteiger partial charge in [-0.05, 0) is 95.6 Å². The summed E-state index contributed by atoms with van der Waals surface area (Å²) in [5.41, 5.74) is -6.85. The Bertz CT molecular complexity index is 2020. The average Bonchev–Trinajstić information content (AvgIpc) is 3.61. The lowest BCUT2D eigenvalue weighted by Gasteiger charge is -2.33. The second-order valence-electron chi connectivity index (χ2n) is 12.7. The van der Waals surface area contributed by atoms with Crippen molar-refractivity contribution >= 4 is 47.9 Å². The van der Waals surface area contributed by atoms with Crippen LogP contribution < -0.4 is 26.5 Å². The molecule has 55 heavy (non-hydrogen) atoms. The molecule has 0 saturated heterocycles. The summed E-state index contributed by atoms with van der Waals surface area (Å²) in [5.74, 6) is -0.858. The predicted octanol–water partition coefficient (Wildman–Crippen LogP) is 11.6. The second-order valence-corrected chi connectivity index (χ2v) is 17.5. The quantitative estimate of drug-likeness (QED) is 0.108. The molecule has 1 aliphatic carbocycles. The molecular weight excluding hydrogens is 782 g/mol. The third-order valence-corrected chi connectivity index (χ3v) is 14.3. The molecule has 6 rings (SSSR count). The van der Waals surface area contributed by atoms with Crippen LogP contribution in [-0.4, -0.2) is 5.66 Å². The molecule has 5 aromatic rings. The van der Waals surface area contributed by atoms with Gasteiger partial charge in [0, 0.05) is 5.92 Å². The van der Waals surface area contributed by atoms with Crippen molar-refractivity contribution in [3.63, 3.8) is 0 Å². The van der Waals surface area contributed by atoms with Crippen molar-refractivity contribution in [3.8, 4) is 0 Å². The minimum Gasteiger partial charge on any atom is -0.166 e. The summed E-state index contributed by atoms with van der Waals surface area (Å²) in [5, 5.41) is 1.40. The van der Waals surface area contributed by atoms with Crippen LogP contribution in [0.4, 0.5) is 52.7 Å². The van der Waals surface area contributed by atoms with E-state index < -0.39 is 85.0 Å². The molecule has 5 aromatic carbocycles. The molecular formula is C41H28F12P2. The van der Waals surface area contributed by atoms with Crippen LogP contribution in [0, 0.1) is 5.92 Å². The van der Waals surface area contributed by atoms with Crippen LogP contribution in [0.3, 0.4) is 0 Å². The van der Waals surface area contributed by atoms with Crippen molar-refractivity contribution < 1.29 is 52.7 Å². The second kappa shape index (κ2) is 15.3. The minimum absolute atomic E-state index is 0.124. The third-order valence-electron chi connectivity index (χ3n) is 9.07. The maximum absolute atomic E-state index is 14.2. The van der Waals surface area contributed by atoms with Crippen LogP contribution in [0.25, 0.3) is 5.57 Å². The van der Waals surface area contributed by atoms with E-state index in [-0.39, 0.29) is 12.1 Å². The summed E-state index contributed by atoms with van der Waals surface area (Å²) in [6.45, 7) is 1.43. The van der Waals surface area contributed by atoms with Crippen molar-refractivity contribution in [1.82, 2.24) is 0 Å². The molecule has 0 aromatic heterocycles. The minimum atomic E-state index is -5.32. The van der Waals surface area contributed by atoms with Gasteiger partial charge in [0.15, 0.2) is 0 Å². The first kappa shape index (κ1) is 40.3. The van der Waals surface area contributed by atoms with Gasteiger partial charge in [0.25, 0.3) is 0 Å². The predicted molar refractivity (Wildman–Crippen MR) is 194 cm³/mol. The summed E-state index contributed by atoms with van der Waals surface area (Å²) in [7, 11) is -4.05. The number of allylic oxidation sites excluding steroid dienone is 4. The highest BCUT2D eigenvalue weighted by Gasteiger charge is 2.42. The Morgan fingerprint density at radius 3 is 1.25 bits per heavy atom. The van der Waals surface area contributed by atoms with Gasteiger partial charge in [-0.25, -0.2) is 0 Å². The molecule has 0 bridgehead atoms. The lowest BCUT2D eigenvalue weighted by atomic mass is 9.93. The largest absolute Gasteiger partial charge is 0.416 e. The first-order chi connectivity index (χ1) is 25.7. The molecule has 0 saturated carbocycles. The smallest absolute Gasteiger partial charge is 0.166 e. The summed E-state index contributed by atoms with van der Waals surface area (Å²) in [4.78, 5) is 0. The van der Waals surface area contributed by atoms with Gasteiger partial charge in [-0.15, -0.1) is 0 Å². The van der Waals surface area contributed by atoms with E-state index in [1.54, 1.807) is 30.4 Å². The molecule has 0 fully saturated rings. The van der Waals surface area contributed by atoms with Crippen LogP contribution in [0.1, 0.15) is 34.7 Å². The zero-order valence-corrected chi connectivity index (χ0v) is 30.2. The van der Waals surface area contributed by atoms with E-state index in [0.717, 1.165) is 15.9 Å². The fourth-order valence-electron chi connectivity index (χ4n) is 6.61. The Hall–Kier alpha value is -4.40. The fourth-order valence-corrected chi connectivity index (χ4v) is 12.0. The molecule has 0 radical (unpaired) electrons. The summed E-state index contributed by atoms with van der Waals surface area (Å²) in [6, 6.07) is 27.6. The normalized spacial score (nSPS) is 15.8. The Kier molecular flexibility index (Phi) is 11.2. The van der Waals surface area contributed by atoms with E-state index in [2.05, 4.69) is 0 Å². The van der Waals surface area contributed by atoms with E-state index in [4.69, 9.17) is 0 Å². The van der Waals surface area contributed by atoms with Gasteiger partial charge in [-0.2, -0.15) is 52.7 Å². The molecule has 0 amide bonds. The van der Waals surface area contributed by atoms with E-state index >= 15 is 0 Å². The van der Waals surface area contributed by atoms with E-state index in [0.29, 0.717) is 35.4 Å². The molecule has 2 atom stereocenters. The van der Waals surface area contributed by atoms with E-state index in [1.165, 1.54) is 6.92 Å². The summed E-state index contributed by atoms with van der Waals surface area (Å²) >= 11 is 0. The third kappa shape index (κ3) is 8.86. The molecule has 0 N–H and O–H groups in total. The van der Waals surface area contributed by atoms with Gasteiger partial charge in [0.1, 0.15) is 0 Å². The number of rotatable bonds is 8. The Balaban J connectivity index is 1.57. The Morgan fingerprint density at radius 2 is 0.855 bits per heavy atom. The molecule has 1 aliphatic rings. The monoisotopic (exact) mass is 810 g/mol. The van der Waals surface area contributed by atoms with Crippen LogP contribution in [0.15, 0.2) is 140 Å². The van der Waals surface area contributed by atoms with Gasteiger partial charge in [0.2, 0.25) is 0 Å². The number of halogens is 12. The maximum atomic E-state index is 14.2. The number of benzene rings is 5. The molecule has 14 heteroatoms. The number of alkyl halides is 12. The van der Waals surface area contributed by atoms with Gasteiger partial charge in [0.05, 0.1) is 22.3 Å². The molecule has 0 heterocycles. The van der Waals surface area contributed by atoms with Gasteiger partial charge >= 0.3 is 24.7 Å². The number of hydrogen-bond acceptors (Lipinski definition) is 0. The molecule has 0 nitrogen and oxygen atoms in total. The molecule has 286 valence electrons. The van der Waals surface area contributed by atoms with E-state index in [1.807, 2.05) is 72.8 Å². The van der Waals surface area contributed by atoms with Crippen molar-refractivity contribution in [2.24, 2.45) is 5.92 Å². The average molecular weight is 811 g/mol. The SMILES string of the molecule is C[C@H]([C@@H]1C=CC=C1c1ccccc1P(c1ccccc1)c1ccccc1)P(c1cc(C(F)(F)F)cc(C(F)(F)F)c1)c1cc(C(F)(F)F)cc(C(F)(F)F)c1. The van der Waals surface area contributed by atoms with Crippen LogP contribution in [-0.2, 0) is 24.7 Å². The van der Waals surface area contributed by atoms with Crippen LogP contribution in [0.5, 0.6) is 0 Å². The lowest BCUT2D eigenvalue weighted by molar-refractivity contribution is -0.144. The fraction of sp³-hybridized carbons (Fsp3) is 0.171. The van der Waals surface area contributed by atoms with Crippen molar-refractivity contribution in [2.45, 2.75) is 37.3 Å². The first-order valence-corrected chi connectivity index (χ1v) is 19.2. The highest BCUT2D eigenvalue weighted by atomic mass is 31.1. The van der Waals surface area contributed by atoms with Crippen molar-refractivity contribution in [1.29, 1.82) is 0 Å². The summed E-state index contributed by atoms with van der Waals surface area (Å²) in [6.07, 6.45) is -16.4. The van der Waals surface area contributed by atoms with Gasteiger partial charge in [-0.1, -0.05) is 110 Å². The molecule has 0 spiro atoms. The first-order valence-electron chi connectivity index (χ1n) is 16.5. The Morgan fingerprint density at radius 1 is 0.473 bits per heavy atom. The Labute approximate surface area is 310 Å². The van der Waals surface area contributed by atoms with Crippen molar-refractivity contribution in [3.05, 3.63) is 167 Å². The van der Waals surface area contributed by atoms with E-state index in [9.17, 15) is 52.7 Å². The van der Waals surface area contributed by atoms with Crippen LogP contribution in [0.2, 0.25) is 0 Å². The zero-order valence-electron chi connectivity index (χ0n) is 28.4. The maximum Gasteiger partial charge on any atom is 0.416 e. The molecule has 0 unspecified atom stereocenters. The van der Waals surface area contributed by atoms with Gasteiger partial charge < -0.3 is 0 Å². The number of hydrogen-bond donors (Lipinski definition) is 0.